The molecule has 4 rings (SSSR count). The number of hydrogen-bond donors (Lipinski definition) is 0. The van der Waals surface area contributed by atoms with E-state index >= 15 is 0 Å². The standard InChI is InChI=1S/C21H25.C9H15Si.C3H6.Zr/c1-20(2,3)16-7-9-18-14(12-16)11-15-13-17(21(4,5)6)8-10-19(15)18;1-8-5-6-9(7-8)10(2,3)4;1-3-2;/h7-13H,1-6H3;6-8H,1-4H3;1-2H3;. The van der Waals surface area contributed by atoms with E-state index < -0.39 is 29.3 Å². The fourth-order valence-electron chi connectivity index (χ4n) is 5.75. The summed E-state index contributed by atoms with van der Waals surface area (Å²) in [6.07, 6.45) is 5.32. The summed E-state index contributed by atoms with van der Waals surface area (Å²) in [4.78, 5) is 0. The molecule has 2 aromatic rings. The van der Waals surface area contributed by atoms with E-state index in [1.54, 1.807) is 19.5 Å². The molecule has 2 heteroatoms. The molecular weight excluding hydrogens is 516 g/mol. The molecule has 2 aromatic carbocycles. The Morgan fingerprint density at radius 1 is 0.771 bits per heavy atom. The zero-order chi connectivity index (χ0) is 26.1. The van der Waals surface area contributed by atoms with Crippen molar-refractivity contribution >= 4 is 11.3 Å². The average molecular weight is 562 g/mol. The molecule has 1 unspecified atom stereocenters. The second-order valence-electron chi connectivity index (χ2n) is 14.2. The number of allylic oxidation sites excluding steroid dienone is 4. The molecule has 0 saturated carbocycles. The van der Waals surface area contributed by atoms with Gasteiger partial charge in [-0.25, -0.2) is 0 Å². The summed E-state index contributed by atoms with van der Waals surface area (Å²) in [6.45, 7) is 29.0. The van der Waals surface area contributed by atoms with Crippen molar-refractivity contribution in [1.82, 2.24) is 0 Å². The third-order valence-electron chi connectivity index (χ3n) is 7.98. The third kappa shape index (κ3) is 5.04. The van der Waals surface area contributed by atoms with Gasteiger partial charge in [0, 0.05) is 0 Å². The molecule has 0 heterocycles. The van der Waals surface area contributed by atoms with Gasteiger partial charge in [-0.05, 0) is 0 Å². The van der Waals surface area contributed by atoms with Gasteiger partial charge < -0.3 is 0 Å². The van der Waals surface area contributed by atoms with Gasteiger partial charge in [-0.1, -0.05) is 0 Å². The summed E-state index contributed by atoms with van der Waals surface area (Å²) >= 11 is -2.23. The number of hydrogen-bond acceptors (Lipinski definition) is 0. The van der Waals surface area contributed by atoms with Gasteiger partial charge in [0.15, 0.2) is 0 Å². The molecule has 2 aliphatic rings. The van der Waals surface area contributed by atoms with Crippen molar-refractivity contribution in [3.05, 3.63) is 79.3 Å². The number of fused-ring (bicyclic) bond motifs is 3. The van der Waals surface area contributed by atoms with Gasteiger partial charge in [-0.15, -0.1) is 0 Å². The molecule has 1 atom stereocenters. The van der Waals surface area contributed by atoms with E-state index in [1.165, 1.54) is 22.3 Å². The van der Waals surface area contributed by atoms with Crippen LogP contribution in [0.5, 0.6) is 0 Å². The van der Waals surface area contributed by atoms with Crippen LogP contribution in [0, 0.1) is 5.92 Å². The maximum atomic E-state index is 2.69. The van der Waals surface area contributed by atoms with Crippen LogP contribution >= 0.6 is 0 Å². The molecule has 0 spiro atoms. The van der Waals surface area contributed by atoms with Crippen LogP contribution in [0.3, 0.4) is 0 Å². The Hall–Kier alpha value is -1.11. The molecule has 0 N–H and O–H groups in total. The van der Waals surface area contributed by atoms with Crippen molar-refractivity contribution < 1.29 is 21.3 Å². The van der Waals surface area contributed by atoms with Gasteiger partial charge >= 0.3 is 225 Å². The first-order valence-electron chi connectivity index (χ1n) is 13.4. The molecule has 0 fully saturated rings. The van der Waals surface area contributed by atoms with Crippen molar-refractivity contribution in [2.75, 3.05) is 0 Å². The topological polar surface area (TPSA) is 0 Å². The van der Waals surface area contributed by atoms with E-state index in [0.29, 0.717) is 9.54 Å². The summed E-state index contributed by atoms with van der Waals surface area (Å²) < 4.78 is 4.11. The molecule has 0 nitrogen and oxygen atoms in total. The molecule has 0 aromatic heterocycles. The molecular formula is C33H46SiZr. The zero-order valence-corrected chi connectivity index (χ0v) is 27.7. The van der Waals surface area contributed by atoms with Crippen molar-refractivity contribution in [2.24, 2.45) is 5.92 Å². The first-order chi connectivity index (χ1) is 16.0. The first-order valence-corrected chi connectivity index (χ1v) is 20.8. The van der Waals surface area contributed by atoms with Crippen LogP contribution in [0.15, 0.2) is 57.0 Å². The second kappa shape index (κ2) is 9.02. The maximum absolute atomic E-state index is 2.69. The van der Waals surface area contributed by atoms with E-state index in [4.69, 9.17) is 0 Å². The predicted octanol–water partition coefficient (Wildman–Crippen LogP) is 9.52. The first kappa shape index (κ1) is 26.9. The van der Waals surface area contributed by atoms with Gasteiger partial charge in [-0.2, -0.15) is 0 Å². The Labute approximate surface area is 224 Å². The minimum atomic E-state index is -2.23. The van der Waals surface area contributed by atoms with Crippen LogP contribution in [0.1, 0.15) is 88.2 Å². The molecule has 0 radical (unpaired) electrons. The number of rotatable bonds is 3. The Bertz CT molecular complexity index is 1200. The van der Waals surface area contributed by atoms with Gasteiger partial charge in [0.2, 0.25) is 0 Å². The molecule has 35 heavy (non-hydrogen) atoms. The predicted molar refractivity (Wildman–Crippen MR) is 156 cm³/mol. The van der Waals surface area contributed by atoms with Crippen LogP contribution in [-0.4, -0.2) is 11.3 Å². The Morgan fingerprint density at radius 2 is 1.23 bits per heavy atom. The molecule has 0 saturated heterocycles. The van der Waals surface area contributed by atoms with Gasteiger partial charge in [-0.3, -0.25) is 0 Å². The fraction of sp³-hybridized carbons (Fsp3) is 0.485. The fourth-order valence-corrected chi connectivity index (χ4v) is 16.0. The SMILES string of the molecule is C[C](C)=[Zr]([C]1=CC([Si](C)(C)C)=CC1C)[CH]1c2cc(C(C)(C)C)ccc2-c2ccc(C(C)(C)C)cc21. The summed E-state index contributed by atoms with van der Waals surface area (Å²) in [7, 11) is -1.33. The van der Waals surface area contributed by atoms with Crippen LogP contribution in [0.25, 0.3) is 11.1 Å². The van der Waals surface area contributed by atoms with E-state index in [-0.39, 0.29) is 10.8 Å². The van der Waals surface area contributed by atoms with E-state index in [2.05, 4.69) is 131 Å². The summed E-state index contributed by atoms with van der Waals surface area (Å²) in [5, 5.41) is 1.67. The second-order valence-corrected chi connectivity index (χ2v) is 26.6. The molecule has 0 aliphatic heterocycles. The van der Waals surface area contributed by atoms with Crippen molar-refractivity contribution in [1.29, 1.82) is 0 Å². The zero-order valence-electron chi connectivity index (χ0n) is 24.3. The Morgan fingerprint density at radius 3 is 1.57 bits per heavy atom. The Balaban J connectivity index is 1.99. The quantitative estimate of drug-likeness (QED) is 0.327. The third-order valence-corrected chi connectivity index (χ3v) is 18.6. The summed E-state index contributed by atoms with van der Waals surface area (Å²) in [5.74, 6) is 0.588. The van der Waals surface area contributed by atoms with Gasteiger partial charge in [0.1, 0.15) is 0 Å². The van der Waals surface area contributed by atoms with Crippen molar-refractivity contribution in [3.63, 3.8) is 0 Å². The number of benzene rings is 2. The molecule has 2 aliphatic carbocycles. The Kier molecular flexibility index (Phi) is 6.94. The van der Waals surface area contributed by atoms with Crippen LogP contribution in [0.4, 0.5) is 0 Å². The van der Waals surface area contributed by atoms with Crippen molar-refractivity contribution in [2.45, 2.75) is 96.4 Å². The monoisotopic (exact) mass is 560 g/mol. The molecule has 186 valence electrons. The van der Waals surface area contributed by atoms with Crippen LogP contribution in [0.2, 0.25) is 19.6 Å². The summed E-state index contributed by atoms with van der Waals surface area (Å²) in [5.41, 5.74) is 9.46. The van der Waals surface area contributed by atoms with Crippen LogP contribution in [-0.2, 0) is 32.1 Å². The van der Waals surface area contributed by atoms with E-state index in [1.807, 2.05) is 3.28 Å². The van der Waals surface area contributed by atoms with E-state index in [9.17, 15) is 0 Å². The molecule has 0 amide bonds. The van der Waals surface area contributed by atoms with E-state index in [0.717, 1.165) is 0 Å². The van der Waals surface area contributed by atoms with Gasteiger partial charge in [0.25, 0.3) is 0 Å². The molecule has 0 bridgehead atoms. The van der Waals surface area contributed by atoms with Gasteiger partial charge in [0.05, 0.1) is 0 Å². The van der Waals surface area contributed by atoms with Crippen LogP contribution < -0.4 is 0 Å². The van der Waals surface area contributed by atoms with Crippen molar-refractivity contribution in [3.8, 4) is 11.1 Å². The summed E-state index contributed by atoms with van der Waals surface area (Å²) in [6, 6.07) is 14.8. The normalized spacial score (nSPS) is 18.2. The minimum absolute atomic E-state index is 0.159. The average Bonchev–Trinajstić information content (AvgIpc) is 3.25.